The molecule has 0 aliphatic heterocycles. The zero-order valence-corrected chi connectivity index (χ0v) is 15.2. The fourth-order valence-electron chi connectivity index (χ4n) is 2.29. The van der Waals surface area contributed by atoms with E-state index in [2.05, 4.69) is 15.6 Å². The van der Waals surface area contributed by atoms with E-state index in [1.807, 2.05) is 13.0 Å². The van der Waals surface area contributed by atoms with Gasteiger partial charge in [0.25, 0.3) is 5.91 Å². The summed E-state index contributed by atoms with van der Waals surface area (Å²) >= 11 is 6.01. The molecule has 1 amide bonds. The molecule has 0 atom stereocenters. The highest BCUT2D eigenvalue weighted by molar-refractivity contribution is 6.30. The first kappa shape index (κ1) is 18.9. The number of benzene rings is 1. The maximum Gasteiger partial charge on any atom is 0.309 e. The highest BCUT2D eigenvalue weighted by Gasteiger charge is 2.27. The van der Waals surface area contributed by atoms with Crippen molar-refractivity contribution < 1.29 is 14.7 Å². The molecule has 1 aromatic heterocycles. The number of amides is 1. The molecule has 0 aliphatic rings. The van der Waals surface area contributed by atoms with Crippen LogP contribution >= 0.6 is 11.6 Å². The summed E-state index contributed by atoms with van der Waals surface area (Å²) in [7, 11) is 0. The summed E-state index contributed by atoms with van der Waals surface area (Å²) < 4.78 is 1.59. The van der Waals surface area contributed by atoms with Crippen molar-refractivity contribution in [1.82, 2.24) is 20.3 Å². The molecule has 0 spiro atoms. The molecule has 0 radical (unpaired) electrons. The van der Waals surface area contributed by atoms with E-state index in [0.717, 1.165) is 5.69 Å². The zero-order valence-electron chi connectivity index (χ0n) is 14.4. The molecule has 0 bridgehead atoms. The maximum absolute atomic E-state index is 12.4. The SMILES string of the molecule is CCc1c(C(=O)NCCC(C)(C)C(=O)O)nnn1-c1cccc(Cl)c1. The van der Waals surface area contributed by atoms with Crippen LogP contribution in [0.3, 0.4) is 0 Å². The van der Waals surface area contributed by atoms with Crippen molar-refractivity contribution in [3.05, 3.63) is 40.7 Å². The van der Waals surface area contributed by atoms with Gasteiger partial charge >= 0.3 is 5.97 Å². The summed E-state index contributed by atoms with van der Waals surface area (Å²) in [6.07, 6.45) is 0.876. The van der Waals surface area contributed by atoms with Gasteiger partial charge in [-0.25, -0.2) is 4.68 Å². The number of carbonyl (C=O) groups excluding carboxylic acids is 1. The molecule has 2 N–H and O–H groups in total. The number of carbonyl (C=O) groups is 2. The minimum Gasteiger partial charge on any atom is -0.481 e. The Morgan fingerprint density at radius 3 is 2.68 bits per heavy atom. The molecular weight excluding hydrogens is 344 g/mol. The lowest BCUT2D eigenvalue weighted by Crippen LogP contribution is -2.32. The van der Waals surface area contributed by atoms with E-state index in [9.17, 15) is 9.59 Å². The maximum atomic E-state index is 12.4. The van der Waals surface area contributed by atoms with Crippen LogP contribution in [0, 0.1) is 5.41 Å². The third kappa shape index (κ3) is 4.36. The standard InChI is InChI=1S/C17H21ClN4O3/c1-4-13-14(15(23)19-9-8-17(2,3)16(24)25)20-21-22(13)12-7-5-6-11(18)10-12/h5-7,10H,4,8-9H2,1-3H3,(H,19,23)(H,24,25). The Morgan fingerprint density at radius 2 is 2.08 bits per heavy atom. The van der Waals surface area contributed by atoms with Crippen molar-refractivity contribution in [1.29, 1.82) is 0 Å². The third-order valence-corrected chi connectivity index (χ3v) is 4.22. The number of hydrogen-bond donors (Lipinski definition) is 2. The minimum absolute atomic E-state index is 0.232. The Balaban J connectivity index is 2.15. The Morgan fingerprint density at radius 1 is 1.36 bits per heavy atom. The van der Waals surface area contributed by atoms with E-state index < -0.39 is 11.4 Å². The summed E-state index contributed by atoms with van der Waals surface area (Å²) in [5, 5.41) is 20.4. The van der Waals surface area contributed by atoms with Crippen molar-refractivity contribution in [3.8, 4) is 5.69 Å². The molecule has 0 fully saturated rings. The van der Waals surface area contributed by atoms with Crippen LogP contribution in [-0.2, 0) is 11.2 Å². The Labute approximate surface area is 151 Å². The second-order valence-electron chi connectivity index (χ2n) is 6.32. The molecule has 1 aromatic carbocycles. The second kappa shape index (κ2) is 7.65. The predicted molar refractivity (Wildman–Crippen MR) is 94.1 cm³/mol. The van der Waals surface area contributed by atoms with Gasteiger partial charge in [-0.15, -0.1) is 5.10 Å². The van der Waals surface area contributed by atoms with Gasteiger partial charge in [0.1, 0.15) is 0 Å². The minimum atomic E-state index is -0.904. The summed E-state index contributed by atoms with van der Waals surface area (Å²) in [5.41, 5.74) is 0.718. The summed E-state index contributed by atoms with van der Waals surface area (Å²) in [5.74, 6) is -1.27. The van der Waals surface area contributed by atoms with Crippen LogP contribution in [0.2, 0.25) is 5.02 Å². The van der Waals surface area contributed by atoms with Crippen molar-refractivity contribution >= 4 is 23.5 Å². The number of rotatable bonds is 7. The average molecular weight is 365 g/mol. The number of carboxylic acid groups (broad SMARTS) is 1. The van der Waals surface area contributed by atoms with Crippen molar-refractivity contribution in [2.75, 3.05) is 6.54 Å². The molecule has 25 heavy (non-hydrogen) atoms. The summed E-state index contributed by atoms with van der Waals surface area (Å²) in [6, 6.07) is 7.13. The molecule has 7 nitrogen and oxygen atoms in total. The number of hydrogen-bond acceptors (Lipinski definition) is 4. The van der Waals surface area contributed by atoms with Gasteiger partial charge in [0.05, 0.1) is 16.8 Å². The van der Waals surface area contributed by atoms with Gasteiger partial charge in [0.15, 0.2) is 5.69 Å². The molecular formula is C17H21ClN4O3. The molecule has 8 heteroatoms. The van der Waals surface area contributed by atoms with E-state index in [1.165, 1.54) is 0 Å². The van der Waals surface area contributed by atoms with Gasteiger partial charge in [-0.1, -0.05) is 29.8 Å². The van der Waals surface area contributed by atoms with Gasteiger partial charge in [-0.2, -0.15) is 0 Å². The predicted octanol–water partition coefficient (Wildman–Crippen LogP) is 2.71. The first-order chi connectivity index (χ1) is 11.8. The molecule has 0 saturated carbocycles. The second-order valence-corrected chi connectivity index (χ2v) is 6.76. The molecule has 134 valence electrons. The summed E-state index contributed by atoms with van der Waals surface area (Å²) in [6.45, 7) is 5.39. The largest absolute Gasteiger partial charge is 0.481 e. The van der Waals surface area contributed by atoms with Crippen LogP contribution in [0.4, 0.5) is 0 Å². The number of carboxylic acids is 1. The quantitative estimate of drug-likeness (QED) is 0.787. The van der Waals surface area contributed by atoms with E-state index in [1.54, 1.807) is 36.7 Å². The molecule has 0 unspecified atom stereocenters. The van der Waals surface area contributed by atoms with Gasteiger partial charge in [-0.05, 0) is 44.9 Å². The van der Waals surface area contributed by atoms with E-state index in [0.29, 0.717) is 23.6 Å². The van der Waals surface area contributed by atoms with E-state index in [-0.39, 0.29) is 18.1 Å². The highest BCUT2D eigenvalue weighted by atomic mass is 35.5. The first-order valence-corrected chi connectivity index (χ1v) is 8.36. The van der Waals surface area contributed by atoms with Gasteiger partial charge in [0.2, 0.25) is 0 Å². The fourth-order valence-corrected chi connectivity index (χ4v) is 2.47. The lowest BCUT2D eigenvalue weighted by Gasteiger charge is -2.18. The Kier molecular flexibility index (Phi) is 5.79. The lowest BCUT2D eigenvalue weighted by atomic mass is 9.90. The van der Waals surface area contributed by atoms with Crippen LogP contribution in [-0.4, -0.2) is 38.5 Å². The monoisotopic (exact) mass is 364 g/mol. The Hall–Kier alpha value is -2.41. The van der Waals surface area contributed by atoms with Gasteiger partial charge in [0, 0.05) is 11.6 Å². The van der Waals surface area contributed by atoms with Crippen molar-refractivity contribution in [2.24, 2.45) is 5.41 Å². The van der Waals surface area contributed by atoms with Crippen LogP contribution in [0.15, 0.2) is 24.3 Å². The number of nitrogens with one attached hydrogen (secondary N) is 1. The van der Waals surface area contributed by atoms with Crippen LogP contribution in [0.1, 0.15) is 43.4 Å². The number of halogens is 1. The Bertz CT molecular complexity index is 786. The summed E-state index contributed by atoms with van der Waals surface area (Å²) in [4.78, 5) is 23.5. The number of aromatic nitrogens is 3. The fraction of sp³-hybridized carbons (Fsp3) is 0.412. The average Bonchev–Trinajstić information content (AvgIpc) is 2.98. The number of nitrogens with zero attached hydrogens (tertiary/aromatic N) is 3. The zero-order chi connectivity index (χ0) is 18.6. The highest BCUT2D eigenvalue weighted by Crippen LogP contribution is 2.20. The van der Waals surface area contributed by atoms with Crippen molar-refractivity contribution in [2.45, 2.75) is 33.6 Å². The van der Waals surface area contributed by atoms with Gasteiger partial charge in [-0.3, -0.25) is 9.59 Å². The first-order valence-electron chi connectivity index (χ1n) is 7.98. The van der Waals surface area contributed by atoms with Crippen LogP contribution < -0.4 is 5.32 Å². The van der Waals surface area contributed by atoms with Gasteiger partial charge < -0.3 is 10.4 Å². The molecule has 2 aromatic rings. The van der Waals surface area contributed by atoms with Crippen LogP contribution in [0.25, 0.3) is 5.69 Å². The normalized spacial score (nSPS) is 11.4. The number of aliphatic carboxylic acids is 1. The topological polar surface area (TPSA) is 97.1 Å². The lowest BCUT2D eigenvalue weighted by molar-refractivity contribution is -0.147. The molecule has 0 aliphatic carbocycles. The smallest absolute Gasteiger partial charge is 0.309 e. The molecule has 0 saturated heterocycles. The molecule has 1 heterocycles. The van der Waals surface area contributed by atoms with Crippen molar-refractivity contribution in [3.63, 3.8) is 0 Å². The van der Waals surface area contributed by atoms with E-state index in [4.69, 9.17) is 16.7 Å². The van der Waals surface area contributed by atoms with E-state index >= 15 is 0 Å². The third-order valence-electron chi connectivity index (χ3n) is 3.98. The molecule has 2 rings (SSSR count). The van der Waals surface area contributed by atoms with Crippen LogP contribution in [0.5, 0.6) is 0 Å².